The summed E-state index contributed by atoms with van der Waals surface area (Å²) in [5, 5.41) is 0. The minimum absolute atomic E-state index is 0.0698. The largest absolute Gasteiger partial charge is 0.497 e. The number of methoxy groups -OCH3 is 1. The summed E-state index contributed by atoms with van der Waals surface area (Å²) >= 11 is 0. The van der Waals surface area contributed by atoms with Gasteiger partial charge >= 0.3 is 6.09 Å². The highest BCUT2D eigenvalue weighted by molar-refractivity contribution is 7.89. The Morgan fingerprint density at radius 2 is 2.09 bits per heavy atom. The zero-order chi connectivity index (χ0) is 16.6. The molecule has 9 heteroatoms. The van der Waals surface area contributed by atoms with Crippen LogP contribution in [0, 0.1) is 0 Å². The Balaban J connectivity index is 1.80. The van der Waals surface area contributed by atoms with Crippen LogP contribution in [0.25, 0.3) is 0 Å². The van der Waals surface area contributed by atoms with E-state index in [0.29, 0.717) is 12.2 Å². The van der Waals surface area contributed by atoms with Gasteiger partial charge in [0, 0.05) is 19.2 Å². The average molecular weight is 340 g/mol. The summed E-state index contributed by atoms with van der Waals surface area (Å²) in [7, 11) is -2.24. The molecule has 2 aliphatic rings. The van der Waals surface area contributed by atoms with Crippen LogP contribution in [0.5, 0.6) is 5.75 Å². The maximum Gasteiger partial charge on any atom is 0.417 e. The quantitative estimate of drug-likeness (QED) is 0.789. The SMILES string of the molecule is COc1cccc(S(=O)(=O)N2CCC(N3C(=O)COC3=O)C2)c1. The number of ether oxygens (including phenoxy) is 2. The Morgan fingerprint density at radius 3 is 2.74 bits per heavy atom. The summed E-state index contributed by atoms with van der Waals surface area (Å²) in [6, 6.07) is 5.70. The van der Waals surface area contributed by atoms with Crippen molar-refractivity contribution in [3.63, 3.8) is 0 Å². The topological polar surface area (TPSA) is 93.2 Å². The minimum Gasteiger partial charge on any atom is -0.497 e. The molecule has 8 nitrogen and oxygen atoms in total. The van der Waals surface area contributed by atoms with E-state index in [-0.39, 0.29) is 24.6 Å². The second-order valence-corrected chi connectivity index (χ2v) is 7.24. The van der Waals surface area contributed by atoms with Crippen LogP contribution in [0.2, 0.25) is 0 Å². The van der Waals surface area contributed by atoms with E-state index in [9.17, 15) is 18.0 Å². The number of amides is 2. The normalized spacial score (nSPS) is 22.5. The first-order valence-electron chi connectivity index (χ1n) is 7.06. The van der Waals surface area contributed by atoms with Gasteiger partial charge in [-0.05, 0) is 18.6 Å². The van der Waals surface area contributed by atoms with E-state index in [1.54, 1.807) is 12.1 Å². The maximum absolute atomic E-state index is 12.7. The molecule has 23 heavy (non-hydrogen) atoms. The highest BCUT2D eigenvalue weighted by Gasteiger charge is 2.43. The van der Waals surface area contributed by atoms with Crippen LogP contribution in [0.4, 0.5) is 4.79 Å². The standard InChI is InChI=1S/C14H16N2O6S/c1-21-11-3-2-4-12(7-11)23(19,20)15-6-5-10(8-15)16-13(17)9-22-14(16)18/h2-4,7,10H,5-6,8-9H2,1H3. The van der Waals surface area contributed by atoms with Crippen LogP contribution >= 0.6 is 0 Å². The third-order valence-electron chi connectivity index (χ3n) is 3.95. The van der Waals surface area contributed by atoms with Crippen LogP contribution < -0.4 is 4.74 Å². The zero-order valence-electron chi connectivity index (χ0n) is 12.5. The fourth-order valence-electron chi connectivity index (χ4n) is 2.77. The van der Waals surface area contributed by atoms with E-state index >= 15 is 0 Å². The monoisotopic (exact) mass is 340 g/mol. The van der Waals surface area contributed by atoms with Crippen molar-refractivity contribution < 1.29 is 27.5 Å². The Bertz CT molecular complexity index is 731. The molecule has 2 saturated heterocycles. The lowest BCUT2D eigenvalue weighted by atomic mass is 10.2. The molecule has 0 aromatic heterocycles. The Kier molecular flexibility index (Phi) is 3.99. The predicted molar refractivity (Wildman–Crippen MR) is 78.4 cm³/mol. The smallest absolute Gasteiger partial charge is 0.417 e. The van der Waals surface area contributed by atoms with Crippen molar-refractivity contribution >= 4 is 22.0 Å². The molecule has 2 heterocycles. The number of carbonyl (C=O) groups excluding carboxylic acids is 2. The van der Waals surface area contributed by atoms with Gasteiger partial charge in [0.1, 0.15) is 5.75 Å². The van der Waals surface area contributed by atoms with Crippen LogP contribution in [0.1, 0.15) is 6.42 Å². The van der Waals surface area contributed by atoms with Gasteiger partial charge in [-0.25, -0.2) is 18.1 Å². The molecular weight excluding hydrogens is 324 g/mol. The van der Waals surface area contributed by atoms with Crippen molar-refractivity contribution in [1.82, 2.24) is 9.21 Å². The predicted octanol–water partition coefficient (Wildman–Crippen LogP) is 0.437. The Morgan fingerprint density at radius 1 is 1.30 bits per heavy atom. The summed E-state index contributed by atoms with van der Waals surface area (Å²) in [5.41, 5.74) is 0. The highest BCUT2D eigenvalue weighted by Crippen LogP contribution is 2.27. The van der Waals surface area contributed by atoms with Gasteiger partial charge in [-0.2, -0.15) is 4.31 Å². The van der Waals surface area contributed by atoms with E-state index < -0.39 is 28.1 Å². The number of hydrogen-bond acceptors (Lipinski definition) is 6. The molecule has 2 aliphatic heterocycles. The Hall–Kier alpha value is -2.13. The fourth-order valence-corrected chi connectivity index (χ4v) is 4.30. The second kappa shape index (κ2) is 5.82. The van der Waals surface area contributed by atoms with Crippen LogP contribution in [0.15, 0.2) is 29.2 Å². The lowest BCUT2D eigenvalue weighted by Crippen LogP contribution is -2.42. The van der Waals surface area contributed by atoms with E-state index in [4.69, 9.17) is 4.74 Å². The van der Waals surface area contributed by atoms with Crippen LogP contribution in [0.3, 0.4) is 0 Å². The highest BCUT2D eigenvalue weighted by atomic mass is 32.2. The van der Waals surface area contributed by atoms with Gasteiger partial charge in [-0.15, -0.1) is 0 Å². The van der Waals surface area contributed by atoms with E-state index in [1.807, 2.05) is 0 Å². The number of imide groups is 1. The molecule has 1 aromatic rings. The lowest BCUT2D eigenvalue weighted by Gasteiger charge is -2.20. The minimum atomic E-state index is -3.71. The molecule has 3 rings (SSSR count). The van der Waals surface area contributed by atoms with Crippen LogP contribution in [-0.4, -0.2) is 62.5 Å². The summed E-state index contributed by atoms with van der Waals surface area (Å²) < 4.78 is 36.3. The van der Waals surface area contributed by atoms with Crippen LogP contribution in [-0.2, 0) is 19.6 Å². The molecule has 1 atom stereocenters. The first-order valence-corrected chi connectivity index (χ1v) is 8.50. The van der Waals surface area contributed by atoms with Gasteiger partial charge in [0.25, 0.3) is 5.91 Å². The molecule has 1 aromatic carbocycles. The summed E-state index contributed by atoms with van der Waals surface area (Å²) in [4.78, 5) is 24.4. The molecule has 1 unspecified atom stereocenters. The third-order valence-corrected chi connectivity index (χ3v) is 5.82. The van der Waals surface area contributed by atoms with Gasteiger partial charge in [0.2, 0.25) is 10.0 Å². The van der Waals surface area contributed by atoms with Gasteiger partial charge in [0.05, 0.1) is 18.0 Å². The molecule has 2 amide bonds. The van der Waals surface area contributed by atoms with Crippen molar-refractivity contribution in [1.29, 1.82) is 0 Å². The second-order valence-electron chi connectivity index (χ2n) is 5.30. The molecule has 2 fully saturated rings. The van der Waals surface area contributed by atoms with Crippen molar-refractivity contribution in [2.75, 3.05) is 26.8 Å². The van der Waals surface area contributed by atoms with Crippen molar-refractivity contribution in [2.24, 2.45) is 0 Å². The molecular formula is C14H16N2O6S. The number of cyclic esters (lactones) is 1. The van der Waals surface area contributed by atoms with Gasteiger partial charge < -0.3 is 9.47 Å². The molecule has 0 bridgehead atoms. The number of nitrogens with zero attached hydrogens (tertiary/aromatic N) is 2. The molecule has 124 valence electrons. The molecule has 0 aliphatic carbocycles. The number of hydrogen-bond donors (Lipinski definition) is 0. The zero-order valence-corrected chi connectivity index (χ0v) is 13.3. The Labute approximate surface area is 133 Å². The molecule has 0 saturated carbocycles. The van der Waals surface area contributed by atoms with Crippen molar-refractivity contribution in [3.05, 3.63) is 24.3 Å². The molecule has 0 spiro atoms. The van der Waals surface area contributed by atoms with E-state index in [0.717, 1.165) is 4.90 Å². The molecule has 0 N–H and O–H groups in total. The van der Waals surface area contributed by atoms with Gasteiger partial charge in [-0.3, -0.25) is 4.79 Å². The summed E-state index contributed by atoms with van der Waals surface area (Å²) in [6.45, 7) is 0.0274. The number of sulfonamides is 1. The number of carbonyl (C=O) groups is 2. The first kappa shape index (κ1) is 15.8. The number of benzene rings is 1. The third kappa shape index (κ3) is 2.77. The van der Waals surface area contributed by atoms with Gasteiger partial charge in [0.15, 0.2) is 6.61 Å². The number of rotatable bonds is 4. The lowest BCUT2D eigenvalue weighted by molar-refractivity contribution is -0.127. The van der Waals surface area contributed by atoms with Crippen molar-refractivity contribution in [3.8, 4) is 5.75 Å². The van der Waals surface area contributed by atoms with E-state index in [2.05, 4.69) is 4.74 Å². The molecule has 0 radical (unpaired) electrons. The summed E-state index contributed by atoms with van der Waals surface area (Å²) in [6.07, 6.45) is -0.315. The van der Waals surface area contributed by atoms with E-state index in [1.165, 1.54) is 23.5 Å². The average Bonchev–Trinajstić information content (AvgIpc) is 3.14. The fraction of sp³-hybridized carbons (Fsp3) is 0.429. The van der Waals surface area contributed by atoms with Gasteiger partial charge in [-0.1, -0.05) is 6.07 Å². The van der Waals surface area contributed by atoms with Crippen molar-refractivity contribution in [2.45, 2.75) is 17.4 Å². The summed E-state index contributed by atoms with van der Waals surface area (Å²) in [5.74, 6) is 0.0146. The maximum atomic E-state index is 12.7. The first-order chi connectivity index (χ1) is 10.9.